The highest BCUT2D eigenvalue weighted by Gasteiger charge is 2.30. The second-order valence-corrected chi connectivity index (χ2v) is 4.57. The quantitative estimate of drug-likeness (QED) is 0.790. The molecule has 1 aromatic heterocycles. The lowest BCUT2D eigenvalue weighted by Gasteiger charge is -2.34. The number of aromatic nitrogens is 1. The number of benzene rings is 1. The number of para-hydroxylation sites is 2. The van der Waals surface area contributed by atoms with Gasteiger partial charge in [0.25, 0.3) is 5.91 Å². The van der Waals surface area contributed by atoms with Crippen LogP contribution >= 0.6 is 0 Å². The third kappa shape index (κ3) is 1.93. The summed E-state index contributed by atoms with van der Waals surface area (Å²) in [6.45, 7) is 0.0429. The second kappa shape index (κ2) is 4.77. The average molecular weight is 267 g/mol. The van der Waals surface area contributed by atoms with E-state index in [-0.39, 0.29) is 18.4 Å². The Kier molecular flexibility index (Phi) is 2.95. The molecule has 1 aliphatic rings. The monoisotopic (exact) mass is 267 g/mol. The van der Waals surface area contributed by atoms with E-state index in [0.29, 0.717) is 5.56 Å². The van der Waals surface area contributed by atoms with Crippen LogP contribution in [0.3, 0.4) is 0 Å². The lowest BCUT2D eigenvalue weighted by atomic mass is 10.1. The second-order valence-electron chi connectivity index (χ2n) is 4.57. The van der Waals surface area contributed by atoms with Crippen molar-refractivity contribution < 1.29 is 9.59 Å². The van der Waals surface area contributed by atoms with Crippen molar-refractivity contribution in [2.45, 2.75) is 0 Å². The van der Waals surface area contributed by atoms with E-state index < -0.39 is 0 Å². The highest BCUT2D eigenvalue weighted by Crippen LogP contribution is 2.33. The average Bonchev–Trinajstić information content (AvgIpc) is 2.51. The number of carbonyl (C=O) groups excluding carboxylic acids is 2. The number of hydrogen-bond acceptors (Lipinski definition) is 3. The van der Waals surface area contributed by atoms with Crippen molar-refractivity contribution in [3.8, 4) is 0 Å². The fourth-order valence-corrected chi connectivity index (χ4v) is 2.26. The largest absolute Gasteiger partial charge is 0.312 e. The van der Waals surface area contributed by atoms with Gasteiger partial charge in [0.2, 0.25) is 5.91 Å². The van der Waals surface area contributed by atoms with E-state index in [0.717, 1.165) is 11.4 Å². The maximum atomic E-state index is 12.5. The van der Waals surface area contributed by atoms with E-state index >= 15 is 0 Å². The third-order valence-electron chi connectivity index (χ3n) is 3.35. The molecule has 2 aromatic rings. The first-order chi connectivity index (χ1) is 9.68. The van der Waals surface area contributed by atoms with Crippen molar-refractivity contribution in [2.24, 2.45) is 0 Å². The summed E-state index contributed by atoms with van der Waals surface area (Å²) in [5.41, 5.74) is 1.95. The van der Waals surface area contributed by atoms with Gasteiger partial charge in [-0.25, -0.2) is 0 Å². The van der Waals surface area contributed by atoms with E-state index in [2.05, 4.69) is 4.98 Å². The molecule has 0 radical (unpaired) electrons. The Morgan fingerprint density at radius 1 is 1.15 bits per heavy atom. The number of hydrogen-bond donors (Lipinski definition) is 0. The summed E-state index contributed by atoms with van der Waals surface area (Å²) < 4.78 is 0. The zero-order valence-electron chi connectivity index (χ0n) is 11.0. The molecule has 20 heavy (non-hydrogen) atoms. The molecule has 100 valence electrons. The Bertz CT molecular complexity index is 670. The molecule has 0 aliphatic carbocycles. The van der Waals surface area contributed by atoms with Gasteiger partial charge in [0.05, 0.1) is 16.9 Å². The van der Waals surface area contributed by atoms with Crippen LogP contribution in [0, 0.1) is 0 Å². The minimum atomic E-state index is -0.216. The van der Waals surface area contributed by atoms with Crippen molar-refractivity contribution in [1.82, 2.24) is 4.98 Å². The molecule has 0 spiro atoms. The Morgan fingerprint density at radius 2 is 1.90 bits per heavy atom. The molecule has 0 atom stereocenters. The Labute approximate surface area is 116 Å². The molecule has 0 saturated carbocycles. The van der Waals surface area contributed by atoms with Crippen LogP contribution in [-0.4, -0.2) is 30.4 Å². The summed E-state index contributed by atoms with van der Waals surface area (Å²) in [6, 6.07) is 10.8. The van der Waals surface area contributed by atoms with Gasteiger partial charge in [-0.3, -0.25) is 19.5 Å². The number of amides is 2. The molecule has 1 aromatic carbocycles. The Hall–Kier alpha value is -2.69. The summed E-state index contributed by atoms with van der Waals surface area (Å²) in [5, 5.41) is 0. The molecule has 0 saturated heterocycles. The van der Waals surface area contributed by atoms with E-state index in [1.54, 1.807) is 30.3 Å². The first-order valence-corrected chi connectivity index (χ1v) is 6.26. The number of carbonyl (C=O) groups is 2. The van der Waals surface area contributed by atoms with Crippen molar-refractivity contribution in [3.05, 3.63) is 54.4 Å². The SMILES string of the molecule is CN1C(=O)CN(C(=O)c2cccnc2)c2ccccc21. The number of rotatable bonds is 1. The summed E-state index contributed by atoms with van der Waals surface area (Å²) in [7, 11) is 1.72. The molecule has 1 aliphatic heterocycles. The van der Waals surface area contributed by atoms with Gasteiger partial charge in [0.1, 0.15) is 6.54 Å². The molecule has 0 N–H and O–H groups in total. The van der Waals surface area contributed by atoms with Crippen molar-refractivity contribution >= 4 is 23.2 Å². The highest BCUT2D eigenvalue weighted by molar-refractivity contribution is 6.15. The van der Waals surface area contributed by atoms with E-state index in [4.69, 9.17) is 0 Å². The fourth-order valence-electron chi connectivity index (χ4n) is 2.26. The zero-order chi connectivity index (χ0) is 14.1. The summed E-state index contributed by atoms with van der Waals surface area (Å²) in [6.07, 6.45) is 3.12. The van der Waals surface area contributed by atoms with Crippen LogP contribution in [-0.2, 0) is 4.79 Å². The van der Waals surface area contributed by atoms with E-state index in [9.17, 15) is 9.59 Å². The van der Waals surface area contributed by atoms with Crippen molar-refractivity contribution in [1.29, 1.82) is 0 Å². The molecule has 2 amide bonds. The standard InChI is InChI=1S/C15H13N3O2/c1-17-12-6-2-3-7-13(12)18(10-14(17)19)15(20)11-5-4-8-16-9-11/h2-9H,10H2,1H3. The summed E-state index contributed by atoms with van der Waals surface area (Å²) >= 11 is 0. The molecule has 5 nitrogen and oxygen atoms in total. The van der Waals surface area contributed by atoms with Gasteiger partial charge in [0, 0.05) is 19.4 Å². The third-order valence-corrected chi connectivity index (χ3v) is 3.35. The Balaban J connectivity index is 2.05. The number of nitrogens with zero attached hydrogens (tertiary/aromatic N) is 3. The Morgan fingerprint density at radius 3 is 2.60 bits per heavy atom. The minimum absolute atomic E-state index is 0.0429. The van der Waals surface area contributed by atoms with Gasteiger partial charge in [-0.2, -0.15) is 0 Å². The van der Waals surface area contributed by atoms with Crippen molar-refractivity contribution in [3.63, 3.8) is 0 Å². The lowest BCUT2D eigenvalue weighted by Crippen LogP contribution is -2.46. The lowest BCUT2D eigenvalue weighted by molar-refractivity contribution is -0.117. The van der Waals surface area contributed by atoms with E-state index in [1.165, 1.54) is 11.1 Å². The molecule has 0 bridgehead atoms. The van der Waals surface area contributed by atoms with Crippen LogP contribution in [0.25, 0.3) is 0 Å². The normalized spacial score (nSPS) is 14.2. The molecular weight excluding hydrogens is 254 g/mol. The molecular formula is C15H13N3O2. The number of fused-ring (bicyclic) bond motifs is 1. The number of pyridine rings is 1. The summed E-state index contributed by atoms with van der Waals surface area (Å²) in [5.74, 6) is -0.326. The van der Waals surface area contributed by atoms with Gasteiger partial charge in [0.15, 0.2) is 0 Å². The summed E-state index contributed by atoms with van der Waals surface area (Å²) in [4.78, 5) is 31.6. The minimum Gasteiger partial charge on any atom is -0.312 e. The fraction of sp³-hybridized carbons (Fsp3) is 0.133. The highest BCUT2D eigenvalue weighted by atomic mass is 16.2. The van der Waals surface area contributed by atoms with Crippen molar-refractivity contribution in [2.75, 3.05) is 23.4 Å². The van der Waals surface area contributed by atoms with Crippen LogP contribution in [0.15, 0.2) is 48.8 Å². The van der Waals surface area contributed by atoms with Crippen LogP contribution in [0.1, 0.15) is 10.4 Å². The maximum absolute atomic E-state index is 12.5. The van der Waals surface area contributed by atoms with Crippen LogP contribution in [0.4, 0.5) is 11.4 Å². The number of anilines is 2. The molecule has 5 heteroatoms. The topological polar surface area (TPSA) is 53.5 Å². The van der Waals surface area contributed by atoms with E-state index in [1.807, 2.05) is 24.3 Å². The maximum Gasteiger partial charge on any atom is 0.260 e. The zero-order valence-corrected chi connectivity index (χ0v) is 11.0. The molecule has 2 heterocycles. The predicted molar refractivity (Wildman–Crippen MR) is 75.8 cm³/mol. The van der Waals surface area contributed by atoms with Crippen LogP contribution < -0.4 is 9.80 Å². The molecule has 3 rings (SSSR count). The molecule has 0 fully saturated rings. The first-order valence-electron chi connectivity index (χ1n) is 6.26. The van der Waals surface area contributed by atoms with Crippen LogP contribution in [0.2, 0.25) is 0 Å². The predicted octanol–water partition coefficient (Wildman–Crippen LogP) is 1.70. The first kappa shape index (κ1) is 12.3. The van der Waals surface area contributed by atoms with Gasteiger partial charge >= 0.3 is 0 Å². The van der Waals surface area contributed by atoms with Crippen LogP contribution in [0.5, 0.6) is 0 Å². The number of likely N-dealkylation sites (N-methyl/N-ethyl adjacent to an activating group) is 1. The smallest absolute Gasteiger partial charge is 0.260 e. The van der Waals surface area contributed by atoms with Gasteiger partial charge < -0.3 is 4.90 Å². The van der Waals surface area contributed by atoms with Gasteiger partial charge in [-0.15, -0.1) is 0 Å². The molecule has 0 unspecified atom stereocenters. The van der Waals surface area contributed by atoms with Gasteiger partial charge in [-0.1, -0.05) is 12.1 Å². The van der Waals surface area contributed by atoms with Gasteiger partial charge in [-0.05, 0) is 24.3 Å².